The first-order chi connectivity index (χ1) is 9.95. The number of nitrogens with zero attached hydrogens (tertiary/aromatic N) is 3. The van der Waals surface area contributed by atoms with Crippen LogP contribution in [-0.4, -0.2) is 33.2 Å². The van der Waals surface area contributed by atoms with Crippen LogP contribution in [0.4, 0.5) is 5.82 Å². The molecule has 1 N–H and O–H groups in total. The van der Waals surface area contributed by atoms with Crippen LogP contribution in [0.1, 0.15) is 46.1 Å². The lowest BCUT2D eigenvalue weighted by Crippen LogP contribution is -2.50. The number of piperidine rings is 1. The molecule has 1 saturated heterocycles. The van der Waals surface area contributed by atoms with Crippen molar-refractivity contribution in [1.82, 2.24) is 9.55 Å². The predicted octanol–water partition coefficient (Wildman–Crippen LogP) is 1.90. The van der Waals surface area contributed by atoms with E-state index in [1.807, 2.05) is 13.8 Å². The zero-order chi connectivity index (χ0) is 15.6. The van der Waals surface area contributed by atoms with Crippen LogP contribution in [0.3, 0.4) is 0 Å². The monoisotopic (exact) mass is 293 g/mol. The van der Waals surface area contributed by atoms with Crippen LogP contribution in [0.5, 0.6) is 0 Å². The van der Waals surface area contributed by atoms with Crippen molar-refractivity contribution in [3.8, 4) is 0 Å². The van der Waals surface area contributed by atoms with Crippen LogP contribution >= 0.6 is 0 Å². The van der Waals surface area contributed by atoms with Crippen LogP contribution in [0.2, 0.25) is 0 Å². The molecule has 0 aromatic carbocycles. The molecule has 21 heavy (non-hydrogen) atoms. The molecule has 0 saturated carbocycles. The van der Waals surface area contributed by atoms with E-state index in [1.165, 1.54) is 0 Å². The van der Waals surface area contributed by atoms with Crippen LogP contribution in [-0.2, 0) is 4.79 Å². The Kier molecular flexibility index (Phi) is 4.65. The van der Waals surface area contributed by atoms with Crippen LogP contribution in [0, 0.1) is 5.92 Å². The molecule has 2 rings (SSSR count). The van der Waals surface area contributed by atoms with Crippen LogP contribution < -0.4 is 10.5 Å². The maximum Gasteiger partial charge on any atom is 0.326 e. The summed E-state index contributed by atoms with van der Waals surface area (Å²) in [7, 11) is 0. The number of hydrogen-bond acceptors (Lipinski definition) is 4. The molecule has 6 nitrogen and oxygen atoms in total. The summed E-state index contributed by atoms with van der Waals surface area (Å²) < 4.78 is 1.59. The molecule has 6 heteroatoms. The smallest absolute Gasteiger partial charge is 0.326 e. The predicted molar refractivity (Wildman–Crippen MR) is 80.7 cm³/mol. The molecule has 2 atom stereocenters. The van der Waals surface area contributed by atoms with Gasteiger partial charge in [0.15, 0.2) is 5.82 Å². The molecule has 0 aliphatic carbocycles. The third kappa shape index (κ3) is 3.09. The molecule has 0 spiro atoms. The largest absolute Gasteiger partial charge is 0.480 e. The molecule has 0 amide bonds. The highest BCUT2D eigenvalue weighted by molar-refractivity contribution is 5.77. The average molecular weight is 293 g/mol. The minimum absolute atomic E-state index is 0.0238. The van der Waals surface area contributed by atoms with Gasteiger partial charge in [0.2, 0.25) is 0 Å². The minimum Gasteiger partial charge on any atom is -0.480 e. The van der Waals surface area contributed by atoms with Crippen LogP contribution in [0.25, 0.3) is 0 Å². The van der Waals surface area contributed by atoms with Crippen molar-refractivity contribution in [3.05, 3.63) is 22.7 Å². The molecule has 1 fully saturated rings. The Morgan fingerprint density at radius 2 is 2.24 bits per heavy atom. The number of anilines is 1. The number of carboxylic acid groups (broad SMARTS) is 1. The molecular formula is C15H23N3O3. The standard InChI is InChI=1S/C15H23N3O3/c1-4-11-5-7-18(12(9-11)15(20)21)13-14(19)17(10(2)3)8-6-16-13/h6,8,10-12H,4-5,7,9H2,1-3H3,(H,20,21). The van der Waals surface area contributed by atoms with Gasteiger partial charge in [-0.2, -0.15) is 0 Å². The molecule has 2 unspecified atom stereocenters. The Balaban J connectivity index is 2.38. The maximum atomic E-state index is 12.5. The van der Waals surface area contributed by atoms with Gasteiger partial charge in [0, 0.05) is 25.0 Å². The van der Waals surface area contributed by atoms with Gasteiger partial charge in [-0.05, 0) is 32.6 Å². The third-order valence-corrected chi connectivity index (χ3v) is 4.25. The van der Waals surface area contributed by atoms with Gasteiger partial charge in [-0.1, -0.05) is 13.3 Å². The van der Waals surface area contributed by atoms with E-state index in [0.29, 0.717) is 18.9 Å². The second kappa shape index (κ2) is 6.28. The SMILES string of the molecule is CCC1CCN(c2nccn(C(C)C)c2=O)C(C(=O)O)C1. The van der Waals surface area contributed by atoms with Crippen LogP contribution in [0.15, 0.2) is 17.2 Å². The Morgan fingerprint density at radius 1 is 1.52 bits per heavy atom. The summed E-state index contributed by atoms with van der Waals surface area (Å²) in [4.78, 5) is 29.9. The molecule has 1 aliphatic rings. The van der Waals surface area contributed by atoms with E-state index in [1.54, 1.807) is 21.9 Å². The second-order valence-corrected chi connectivity index (χ2v) is 5.90. The summed E-state index contributed by atoms with van der Waals surface area (Å²) in [5.74, 6) is -0.221. The highest BCUT2D eigenvalue weighted by atomic mass is 16.4. The molecule has 0 radical (unpaired) electrons. The summed E-state index contributed by atoms with van der Waals surface area (Å²) in [6.07, 6.45) is 5.66. The van der Waals surface area contributed by atoms with Crippen molar-refractivity contribution >= 4 is 11.8 Å². The van der Waals surface area contributed by atoms with Crippen molar-refractivity contribution < 1.29 is 9.90 Å². The molecule has 1 aromatic heterocycles. The lowest BCUT2D eigenvalue weighted by atomic mass is 9.89. The Bertz CT molecular complexity index is 568. The van der Waals surface area contributed by atoms with Gasteiger partial charge in [-0.3, -0.25) is 4.79 Å². The van der Waals surface area contributed by atoms with E-state index < -0.39 is 12.0 Å². The first-order valence-corrected chi connectivity index (χ1v) is 7.52. The minimum atomic E-state index is -0.880. The quantitative estimate of drug-likeness (QED) is 0.917. The van der Waals surface area contributed by atoms with Gasteiger partial charge >= 0.3 is 5.97 Å². The number of carbonyl (C=O) groups is 1. The number of rotatable bonds is 4. The molecule has 2 heterocycles. The zero-order valence-electron chi connectivity index (χ0n) is 12.8. The van der Waals surface area contributed by atoms with E-state index >= 15 is 0 Å². The fourth-order valence-electron chi connectivity index (χ4n) is 2.91. The summed E-state index contributed by atoms with van der Waals surface area (Å²) in [6.45, 7) is 6.48. The fraction of sp³-hybridized carbons (Fsp3) is 0.667. The summed E-state index contributed by atoms with van der Waals surface area (Å²) >= 11 is 0. The van der Waals surface area contributed by atoms with Gasteiger partial charge < -0.3 is 14.6 Å². The van der Waals surface area contributed by atoms with Gasteiger partial charge in [-0.25, -0.2) is 9.78 Å². The topological polar surface area (TPSA) is 75.4 Å². The van der Waals surface area contributed by atoms with Crippen molar-refractivity contribution in [2.75, 3.05) is 11.4 Å². The van der Waals surface area contributed by atoms with E-state index in [4.69, 9.17) is 0 Å². The van der Waals surface area contributed by atoms with Crippen molar-refractivity contribution in [1.29, 1.82) is 0 Å². The molecule has 1 aromatic rings. The number of hydrogen-bond donors (Lipinski definition) is 1. The molecular weight excluding hydrogens is 270 g/mol. The molecule has 0 bridgehead atoms. The summed E-state index contributed by atoms with van der Waals surface area (Å²) in [5, 5.41) is 9.47. The fourth-order valence-corrected chi connectivity index (χ4v) is 2.91. The highest BCUT2D eigenvalue weighted by Crippen LogP contribution is 2.27. The number of aliphatic carboxylic acids is 1. The van der Waals surface area contributed by atoms with Gasteiger partial charge in [0.05, 0.1) is 0 Å². The Morgan fingerprint density at radius 3 is 2.81 bits per heavy atom. The Hall–Kier alpha value is -1.85. The highest BCUT2D eigenvalue weighted by Gasteiger charge is 2.34. The van der Waals surface area contributed by atoms with E-state index in [2.05, 4.69) is 11.9 Å². The molecule has 1 aliphatic heterocycles. The lowest BCUT2D eigenvalue weighted by molar-refractivity contribution is -0.139. The number of aromatic nitrogens is 2. The Labute approximate surface area is 124 Å². The lowest BCUT2D eigenvalue weighted by Gasteiger charge is -2.37. The van der Waals surface area contributed by atoms with E-state index in [0.717, 1.165) is 12.8 Å². The first-order valence-electron chi connectivity index (χ1n) is 7.52. The van der Waals surface area contributed by atoms with Gasteiger partial charge in [0.25, 0.3) is 5.56 Å². The summed E-state index contributed by atoms with van der Waals surface area (Å²) in [5.41, 5.74) is -0.214. The van der Waals surface area contributed by atoms with Crippen molar-refractivity contribution in [3.63, 3.8) is 0 Å². The molecule has 116 valence electrons. The van der Waals surface area contributed by atoms with E-state index in [-0.39, 0.29) is 17.4 Å². The van der Waals surface area contributed by atoms with Gasteiger partial charge in [0.1, 0.15) is 6.04 Å². The normalized spacial score (nSPS) is 22.6. The van der Waals surface area contributed by atoms with Crippen molar-refractivity contribution in [2.45, 2.75) is 52.1 Å². The van der Waals surface area contributed by atoms with Crippen molar-refractivity contribution in [2.24, 2.45) is 5.92 Å². The first kappa shape index (κ1) is 15.5. The van der Waals surface area contributed by atoms with E-state index in [9.17, 15) is 14.7 Å². The average Bonchev–Trinajstić information content (AvgIpc) is 2.46. The second-order valence-electron chi connectivity index (χ2n) is 5.90. The maximum absolute atomic E-state index is 12.5. The third-order valence-electron chi connectivity index (χ3n) is 4.25. The zero-order valence-corrected chi connectivity index (χ0v) is 12.8. The summed E-state index contributed by atoms with van der Waals surface area (Å²) in [6, 6.07) is -0.636. The number of carboxylic acids is 1. The van der Waals surface area contributed by atoms with Gasteiger partial charge in [-0.15, -0.1) is 0 Å².